The molecule has 0 atom stereocenters. The molecule has 0 aliphatic rings. The van der Waals surface area contributed by atoms with Crippen molar-refractivity contribution in [1.82, 2.24) is 4.57 Å². The van der Waals surface area contributed by atoms with Crippen LogP contribution >= 0.6 is 15.9 Å². The number of hydrogen-bond donors (Lipinski definition) is 0. The van der Waals surface area contributed by atoms with E-state index >= 15 is 0 Å². The smallest absolute Gasteiger partial charge is 0.0541 e. The lowest BCUT2D eigenvalue weighted by atomic mass is 9.86. The fourth-order valence-corrected chi connectivity index (χ4v) is 4.55. The predicted octanol–water partition coefficient (Wildman–Crippen LogP) is 8.51. The van der Waals surface area contributed by atoms with Crippen LogP contribution in [-0.4, -0.2) is 4.57 Å². The van der Waals surface area contributed by atoms with Crippen LogP contribution in [0.15, 0.2) is 95.5 Å². The lowest BCUT2D eigenvalue weighted by molar-refractivity contribution is 0.590. The topological polar surface area (TPSA) is 4.93 Å². The molecule has 2 heteroatoms. The summed E-state index contributed by atoms with van der Waals surface area (Å²) >= 11 is 3.63. The third-order valence-corrected chi connectivity index (χ3v) is 6.34. The Balaban J connectivity index is 1.60. The van der Waals surface area contributed by atoms with Gasteiger partial charge in [0.25, 0.3) is 0 Å². The highest BCUT2D eigenvalue weighted by atomic mass is 79.9. The van der Waals surface area contributed by atoms with Crippen molar-refractivity contribution in [2.45, 2.75) is 26.2 Å². The number of para-hydroxylation sites is 1. The van der Waals surface area contributed by atoms with E-state index in [2.05, 4.69) is 132 Å². The second-order valence-corrected chi connectivity index (χ2v) is 9.80. The van der Waals surface area contributed by atoms with Crippen LogP contribution in [0.1, 0.15) is 26.3 Å². The van der Waals surface area contributed by atoms with E-state index in [9.17, 15) is 0 Å². The first-order chi connectivity index (χ1) is 14.4. The van der Waals surface area contributed by atoms with E-state index in [-0.39, 0.29) is 5.41 Å². The van der Waals surface area contributed by atoms with Gasteiger partial charge in [-0.05, 0) is 58.5 Å². The molecule has 5 aromatic rings. The van der Waals surface area contributed by atoms with Crippen LogP contribution in [0, 0.1) is 0 Å². The van der Waals surface area contributed by atoms with Gasteiger partial charge in [0.2, 0.25) is 0 Å². The fourth-order valence-electron chi connectivity index (χ4n) is 4.19. The third-order valence-electron chi connectivity index (χ3n) is 5.84. The van der Waals surface area contributed by atoms with Crippen LogP contribution < -0.4 is 0 Å². The van der Waals surface area contributed by atoms with Crippen molar-refractivity contribution < 1.29 is 0 Å². The summed E-state index contributed by atoms with van der Waals surface area (Å²) in [6.45, 7) is 6.75. The molecule has 0 unspecified atom stereocenters. The Bertz CT molecular complexity index is 1350. The molecule has 0 spiro atoms. The van der Waals surface area contributed by atoms with Gasteiger partial charge in [-0.1, -0.05) is 91.3 Å². The molecular weight excluding hydrogens is 430 g/mol. The Kier molecular flexibility index (Phi) is 4.56. The molecule has 5 rings (SSSR count). The van der Waals surface area contributed by atoms with E-state index in [4.69, 9.17) is 0 Å². The standard InChI is InChI=1S/C28H24BrN/c1-28(2,3)21-12-8-19(9-13-21)20-10-15-23(16-11-20)30-26-7-5-4-6-24(26)25-18-22(29)14-17-27(25)30/h4-18H,1-3H3. The van der Waals surface area contributed by atoms with Crippen molar-refractivity contribution >= 4 is 37.7 Å². The van der Waals surface area contributed by atoms with Crippen LogP contribution in [-0.2, 0) is 5.41 Å². The van der Waals surface area contributed by atoms with Crippen LogP contribution in [0.4, 0.5) is 0 Å². The number of aromatic nitrogens is 1. The molecule has 0 N–H and O–H groups in total. The second kappa shape index (κ2) is 7.14. The van der Waals surface area contributed by atoms with Gasteiger partial charge in [-0.2, -0.15) is 0 Å². The monoisotopic (exact) mass is 453 g/mol. The number of halogens is 1. The lowest BCUT2D eigenvalue weighted by Crippen LogP contribution is -2.10. The number of benzene rings is 4. The molecular formula is C28H24BrN. The summed E-state index contributed by atoms with van der Waals surface area (Å²) in [6, 6.07) is 33.0. The zero-order valence-electron chi connectivity index (χ0n) is 17.5. The Labute approximate surface area is 186 Å². The van der Waals surface area contributed by atoms with Crippen molar-refractivity contribution in [3.05, 3.63) is 101 Å². The average Bonchev–Trinajstić information content (AvgIpc) is 3.07. The normalized spacial score (nSPS) is 12.0. The summed E-state index contributed by atoms with van der Waals surface area (Å²) in [6.07, 6.45) is 0. The second-order valence-electron chi connectivity index (χ2n) is 8.89. The first-order valence-corrected chi connectivity index (χ1v) is 11.1. The highest BCUT2D eigenvalue weighted by Gasteiger charge is 2.14. The Morgan fingerprint density at radius 1 is 0.633 bits per heavy atom. The van der Waals surface area contributed by atoms with E-state index in [1.54, 1.807) is 0 Å². The molecule has 1 aromatic heterocycles. The number of nitrogens with zero attached hydrogens (tertiary/aromatic N) is 1. The highest BCUT2D eigenvalue weighted by molar-refractivity contribution is 9.10. The quantitative estimate of drug-likeness (QED) is 0.252. The summed E-state index contributed by atoms with van der Waals surface area (Å²) in [4.78, 5) is 0. The molecule has 0 aliphatic heterocycles. The average molecular weight is 454 g/mol. The Hall–Kier alpha value is -2.84. The van der Waals surface area contributed by atoms with Crippen molar-refractivity contribution in [2.24, 2.45) is 0 Å². The minimum absolute atomic E-state index is 0.175. The third kappa shape index (κ3) is 3.26. The molecule has 30 heavy (non-hydrogen) atoms. The highest BCUT2D eigenvalue weighted by Crippen LogP contribution is 2.34. The van der Waals surface area contributed by atoms with Crippen LogP contribution in [0.25, 0.3) is 38.6 Å². The minimum atomic E-state index is 0.175. The summed E-state index contributed by atoms with van der Waals surface area (Å²) in [5.74, 6) is 0. The lowest BCUT2D eigenvalue weighted by Gasteiger charge is -2.19. The molecule has 0 amide bonds. The first-order valence-electron chi connectivity index (χ1n) is 10.3. The summed E-state index contributed by atoms with van der Waals surface area (Å²) in [5, 5.41) is 2.54. The van der Waals surface area contributed by atoms with Gasteiger partial charge >= 0.3 is 0 Å². The van der Waals surface area contributed by atoms with E-state index in [1.807, 2.05) is 0 Å². The SMILES string of the molecule is CC(C)(C)c1ccc(-c2ccc(-n3c4ccccc4c4cc(Br)ccc43)cc2)cc1. The van der Waals surface area contributed by atoms with Crippen LogP contribution in [0.2, 0.25) is 0 Å². The molecule has 0 saturated carbocycles. The largest absolute Gasteiger partial charge is 0.309 e. The van der Waals surface area contributed by atoms with Crippen molar-refractivity contribution in [3.8, 4) is 16.8 Å². The number of rotatable bonds is 2. The first kappa shape index (κ1) is 19.1. The molecule has 0 bridgehead atoms. The summed E-state index contributed by atoms with van der Waals surface area (Å²) in [5.41, 5.74) is 7.66. The van der Waals surface area contributed by atoms with Gasteiger partial charge < -0.3 is 4.57 Å². The van der Waals surface area contributed by atoms with Crippen molar-refractivity contribution in [2.75, 3.05) is 0 Å². The van der Waals surface area contributed by atoms with Gasteiger partial charge in [-0.15, -0.1) is 0 Å². The molecule has 1 heterocycles. The Morgan fingerprint density at radius 3 is 1.90 bits per heavy atom. The van der Waals surface area contributed by atoms with E-state index in [0.29, 0.717) is 0 Å². The Morgan fingerprint density at radius 2 is 1.23 bits per heavy atom. The maximum Gasteiger partial charge on any atom is 0.0541 e. The van der Waals surface area contributed by atoms with Crippen molar-refractivity contribution in [1.29, 1.82) is 0 Å². The molecule has 4 aromatic carbocycles. The van der Waals surface area contributed by atoms with E-state index < -0.39 is 0 Å². The molecule has 0 fully saturated rings. The maximum atomic E-state index is 3.63. The molecule has 0 aliphatic carbocycles. The summed E-state index contributed by atoms with van der Waals surface area (Å²) < 4.78 is 3.45. The fraction of sp³-hybridized carbons (Fsp3) is 0.143. The van der Waals surface area contributed by atoms with Gasteiger partial charge in [-0.3, -0.25) is 0 Å². The van der Waals surface area contributed by atoms with Crippen LogP contribution in [0.3, 0.4) is 0 Å². The zero-order valence-corrected chi connectivity index (χ0v) is 19.1. The van der Waals surface area contributed by atoms with E-state index in [0.717, 1.165) is 4.47 Å². The van der Waals surface area contributed by atoms with Gasteiger partial charge in [0.1, 0.15) is 0 Å². The minimum Gasteiger partial charge on any atom is -0.309 e. The van der Waals surface area contributed by atoms with Crippen LogP contribution in [0.5, 0.6) is 0 Å². The molecule has 148 valence electrons. The number of hydrogen-bond acceptors (Lipinski definition) is 0. The van der Waals surface area contributed by atoms with Gasteiger partial charge in [0.15, 0.2) is 0 Å². The predicted molar refractivity (Wildman–Crippen MR) is 133 cm³/mol. The van der Waals surface area contributed by atoms with Gasteiger partial charge in [0, 0.05) is 20.9 Å². The van der Waals surface area contributed by atoms with E-state index in [1.165, 1.54) is 44.2 Å². The molecule has 0 radical (unpaired) electrons. The number of fused-ring (bicyclic) bond motifs is 3. The van der Waals surface area contributed by atoms with Gasteiger partial charge in [-0.25, -0.2) is 0 Å². The molecule has 1 nitrogen and oxygen atoms in total. The van der Waals surface area contributed by atoms with Crippen molar-refractivity contribution in [3.63, 3.8) is 0 Å². The maximum absolute atomic E-state index is 3.63. The summed E-state index contributed by atoms with van der Waals surface area (Å²) in [7, 11) is 0. The molecule has 0 saturated heterocycles. The van der Waals surface area contributed by atoms with Gasteiger partial charge in [0.05, 0.1) is 11.0 Å². The zero-order chi connectivity index (χ0) is 20.9.